The van der Waals surface area contributed by atoms with Crippen molar-refractivity contribution in [3.05, 3.63) is 0 Å². The highest BCUT2D eigenvalue weighted by molar-refractivity contribution is 5.73. The number of aliphatic hydroxyl groups excluding tert-OH is 1. The van der Waals surface area contributed by atoms with Crippen LogP contribution in [0.15, 0.2) is 0 Å². The molecule has 1 aliphatic rings. The first-order valence-electron chi connectivity index (χ1n) is 7.09. The van der Waals surface area contributed by atoms with Crippen molar-refractivity contribution in [1.82, 2.24) is 4.90 Å². The maximum absolute atomic E-state index is 10.9. The minimum absolute atomic E-state index is 0.211. The third-order valence-electron chi connectivity index (χ3n) is 3.37. The molecule has 5 nitrogen and oxygen atoms in total. The summed E-state index contributed by atoms with van der Waals surface area (Å²) in [6, 6.07) is 0. The second kappa shape index (κ2) is 7.22. The van der Waals surface area contributed by atoms with Gasteiger partial charge in [-0.2, -0.15) is 0 Å². The van der Waals surface area contributed by atoms with Gasteiger partial charge in [0.1, 0.15) is 0 Å². The lowest BCUT2D eigenvalue weighted by molar-refractivity contribution is -0.119. The Balaban J connectivity index is 2.19. The lowest BCUT2D eigenvalue weighted by atomic mass is 9.93. The van der Waals surface area contributed by atoms with Crippen LogP contribution < -0.4 is 5.73 Å². The molecule has 0 bridgehead atoms. The highest BCUT2D eigenvalue weighted by Gasteiger charge is 2.22. The molecular weight excluding hydrogens is 244 g/mol. The number of primary amides is 1. The van der Waals surface area contributed by atoms with E-state index in [-0.39, 0.29) is 11.5 Å². The van der Waals surface area contributed by atoms with Gasteiger partial charge in [-0.25, -0.2) is 0 Å². The Bertz CT molecular complexity index is 281. The summed E-state index contributed by atoms with van der Waals surface area (Å²) in [5.41, 5.74) is 5.00. The summed E-state index contributed by atoms with van der Waals surface area (Å²) in [5, 5.41) is 9.94. The van der Waals surface area contributed by atoms with Crippen LogP contribution in [0.5, 0.6) is 0 Å². The predicted octanol–water partition coefficient (Wildman–Crippen LogP) is 0.750. The largest absolute Gasteiger partial charge is 0.389 e. The number of nitrogens with zero attached hydrogens (tertiary/aromatic N) is 1. The number of amides is 1. The van der Waals surface area contributed by atoms with Gasteiger partial charge in [-0.05, 0) is 52.6 Å². The molecule has 0 saturated carbocycles. The summed E-state index contributed by atoms with van der Waals surface area (Å²) >= 11 is 0. The van der Waals surface area contributed by atoms with Gasteiger partial charge >= 0.3 is 0 Å². The predicted molar refractivity (Wildman–Crippen MR) is 74.7 cm³/mol. The molecule has 1 amide bonds. The minimum atomic E-state index is -0.452. The zero-order chi connectivity index (χ0) is 14.5. The number of ether oxygens (including phenoxy) is 1. The lowest BCUT2D eigenvalue weighted by Crippen LogP contribution is -2.41. The van der Waals surface area contributed by atoms with Gasteiger partial charge in [-0.1, -0.05) is 0 Å². The molecule has 5 heteroatoms. The van der Waals surface area contributed by atoms with Gasteiger partial charge in [0.25, 0.3) is 0 Å². The summed E-state index contributed by atoms with van der Waals surface area (Å²) < 4.78 is 5.57. The monoisotopic (exact) mass is 272 g/mol. The summed E-state index contributed by atoms with van der Waals surface area (Å²) in [7, 11) is 0. The number of carbonyl (C=O) groups excluding carboxylic acids is 1. The second-order valence-corrected chi connectivity index (χ2v) is 6.49. The Morgan fingerprint density at radius 3 is 2.47 bits per heavy atom. The van der Waals surface area contributed by atoms with E-state index in [1.54, 1.807) is 0 Å². The third kappa shape index (κ3) is 7.50. The molecule has 1 unspecified atom stereocenters. The number of rotatable bonds is 6. The summed E-state index contributed by atoms with van der Waals surface area (Å²) in [6.45, 7) is 8.79. The van der Waals surface area contributed by atoms with Crippen LogP contribution in [0.2, 0.25) is 0 Å². The molecule has 1 fully saturated rings. The quantitative estimate of drug-likeness (QED) is 0.748. The maximum atomic E-state index is 10.9. The van der Waals surface area contributed by atoms with Crippen molar-refractivity contribution in [3.63, 3.8) is 0 Å². The van der Waals surface area contributed by atoms with E-state index >= 15 is 0 Å². The van der Waals surface area contributed by atoms with Gasteiger partial charge in [-0.15, -0.1) is 0 Å². The van der Waals surface area contributed by atoms with E-state index in [0.29, 0.717) is 25.5 Å². The molecule has 3 N–H and O–H groups in total. The van der Waals surface area contributed by atoms with Crippen molar-refractivity contribution in [1.29, 1.82) is 0 Å². The van der Waals surface area contributed by atoms with Crippen LogP contribution in [0.1, 0.15) is 40.0 Å². The number of piperidine rings is 1. The van der Waals surface area contributed by atoms with E-state index < -0.39 is 6.10 Å². The first-order chi connectivity index (χ1) is 8.76. The number of likely N-dealkylation sites (tertiary alicyclic amines) is 1. The Hall–Kier alpha value is -0.650. The average molecular weight is 272 g/mol. The third-order valence-corrected chi connectivity index (χ3v) is 3.37. The number of carbonyl (C=O) groups is 1. The Kier molecular flexibility index (Phi) is 6.23. The molecular formula is C14H28N2O3. The minimum Gasteiger partial charge on any atom is -0.389 e. The van der Waals surface area contributed by atoms with E-state index in [0.717, 1.165) is 25.9 Å². The molecule has 0 aliphatic carbocycles. The van der Waals surface area contributed by atoms with Crippen LogP contribution in [0.3, 0.4) is 0 Å². The van der Waals surface area contributed by atoms with Crippen molar-refractivity contribution < 1.29 is 14.6 Å². The number of β-amino-alcohol motifs (C(OH)–C–C–N with tert-alkyl or cyclic N) is 1. The molecule has 112 valence electrons. The fourth-order valence-corrected chi connectivity index (χ4v) is 2.35. The smallest absolute Gasteiger partial charge is 0.217 e. The van der Waals surface area contributed by atoms with E-state index in [1.807, 2.05) is 20.8 Å². The number of aliphatic hydroxyl groups is 1. The molecule has 0 radical (unpaired) electrons. The van der Waals surface area contributed by atoms with Crippen molar-refractivity contribution in [2.75, 3.05) is 26.2 Å². The van der Waals surface area contributed by atoms with Gasteiger partial charge in [0, 0.05) is 13.0 Å². The van der Waals surface area contributed by atoms with Crippen LogP contribution in [-0.4, -0.2) is 53.9 Å². The fraction of sp³-hybridized carbons (Fsp3) is 0.929. The number of hydrogen-bond acceptors (Lipinski definition) is 4. The summed E-state index contributed by atoms with van der Waals surface area (Å²) in [4.78, 5) is 13.1. The molecule has 19 heavy (non-hydrogen) atoms. The van der Waals surface area contributed by atoms with Crippen molar-refractivity contribution in [3.8, 4) is 0 Å². The number of nitrogens with two attached hydrogens (primary N) is 1. The molecule has 1 rings (SSSR count). The van der Waals surface area contributed by atoms with Gasteiger partial charge < -0.3 is 20.5 Å². The fourth-order valence-electron chi connectivity index (χ4n) is 2.35. The van der Waals surface area contributed by atoms with Gasteiger partial charge in [0.15, 0.2) is 0 Å². The average Bonchev–Trinajstić information content (AvgIpc) is 2.28. The Labute approximate surface area is 116 Å². The lowest BCUT2D eigenvalue weighted by Gasteiger charge is -2.33. The summed E-state index contributed by atoms with van der Waals surface area (Å²) in [5.74, 6) is 0.203. The molecule has 1 aliphatic heterocycles. The highest BCUT2D eigenvalue weighted by atomic mass is 16.5. The summed E-state index contributed by atoms with van der Waals surface area (Å²) in [6.07, 6.45) is 2.00. The zero-order valence-corrected chi connectivity index (χ0v) is 12.4. The number of hydrogen-bond donors (Lipinski definition) is 2. The molecule has 0 aromatic rings. The van der Waals surface area contributed by atoms with Crippen LogP contribution in [0, 0.1) is 5.92 Å². The molecule has 1 saturated heterocycles. The zero-order valence-electron chi connectivity index (χ0n) is 12.4. The second-order valence-electron chi connectivity index (χ2n) is 6.49. The van der Waals surface area contributed by atoms with Crippen LogP contribution in [-0.2, 0) is 9.53 Å². The highest BCUT2D eigenvalue weighted by Crippen LogP contribution is 2.20. The molecule has 1 heterocycles. The van der Waals surface area contributed by atoms with E-state index in [1.165, 1.54) is 0 Å². The SMILES string of the molecule is CC(C)(C)OCC(O)CN1CCC(CC(N)=O)CC1. The van der Waals surface area contributed by atoms with Gasteiger partial charge in [-0.3, -0.25) is 4.79 Å². The molecule has 0 aromatic carbocycles. The van der Waals surface area contributed by atoms with Crippen LogP contribution >= 0.6 is 0 Å². The van der Waals surface area contributed by atoms with Crippen LogP contribution in [0.25, 0.3) is 0 Å². The van der Waals surface area contributed by atoms with E-state index in [4.69, 9.17) is 10.5 Å². The van der Waals surface area contributed by atoms with Crippen molar-refractivity contribution in [2.24, 2.45) is 11.7 Å². The van der Waals surface area contributed by atoms with Crippen molar-refractivity contribution in [2.45, 2.75) is 51.7 Å². The maximum Gasteiger partial charge on any atom is 0.217 e. The van der Waals surface area contributed by atoms with E-state index in [2.05, 4.69) is 4.90 Å². The Morgan fingerprint density at radius 2 is 2.00 bits per heavy atom. The van der Waals surface area contributed by atoms with Crippen LogP contribution in [0.4, 0.5) is 0 Å². The topological polar surface area (TPSA) is 75.8 Å². The standard InChI is InChI=1S/C14H28N2O3/c1-14(2,3)19-10-12(17)9-16-6-4-11(5-7-16)8-13(15)18/h11-12,17H,4-10H2,1-3H3,(H2,15,18). The van der Waals surface area contributed by atoms with Gasteiger partial charge in [0.2, 0.25) is 5.91 Å². The Morgan fingerprint density at radius 1 is 1.42 bits per heavy atom. The normalized spacial score (nSPS) is 20.4. The first-order valence-corrected chi connectivity index (χ1v) is 7.09. The van der Waals surface area contributed by atoms with Gasteiger partial charge in [0.05, 0.1) is 18.3 Å². The first kappa shape index (κ1) is 16.4. The molecule has 0 aromatic heterocycles. The van der Waals surface area contributed by atoms with Crippen molar-refractivity contribution >= 4 is 5.91 Å². The van der Waals surface area contributed by atoms with E-state index in [9.17, 15) is 9.90 Å². The molecule has 0 spiro atoms. The molecule has 1 atom stereocenters.